The van der Waals surface area contributed by atoms with Crippen molar-refractivity contribution in [1.82, 2.24) is 0 Å². The van der Waals surface area contributed by atoms with Crippen LogP contribution >= 0.6 is 0 Å². The highest BCUT2D eigenvalue weighted by Gasteiger charge is 2.63. The van der Waals surface area contributed by atoms with Gasteiger partial charge in [-0.25, -0.2) is 0 Å². The van der Waals surface area contributed by atoms with E-state index in [1.165, 1.54) is 0 Å². The molecule has 0 amide bonds. The van der Waals surface area contributed by atoms with Crippen LogP contribution in [0.5, 0.6) is 0 Å². The van der Waals surface area contributed by atoms with E-state index in [9.17, 15) is 18.0 Å². The zero-order valence-corrected chi connectivity index (χ0v) is 8.89. The van der Waals surface area contributed by atoms with Crippen molar-refractivity contribution in [2.45, 2.75) is 38.1 Å². The highest BCUT2D eigenvalue weighted by molar-refractivity contribution is 5.86. The Kier molecular flexibility index (Phi) is 2.54. The van der Waals surface area contributed by atoms with Gasteiger partial charge in [-0.2, -0.15) is 13.2 Å². The van der Waals surface area contributed by atoms with Crippen LogP contribution in [0.2, 0.25) is 0 Å². The van der Waals surface area contributed by atoms with Gasteiger partial charge in [0.05, 0.1) is 13.2 Å². The zero-order valence-electron chi connectivity index (χ0n) is 8.89. The molecule has 1 saturated carbocycles. The number of rotatable bonds is 0. The SMILES string of the molecule is CC1(C(F)(F)F)CC2(CCC1=O)OCCO2. The van der Waals surface area contributed by atoms with E-state index in [4.69, 9.17) is 9.47 Å². The van der Waals surface area contributed by atoms with Gasteiger partial charge in [0.25, 0.3) is 0 Å². The molecule has 0 N–H and O–H groups in total. The quantitative estimate of drug-likeness (QED) is 0.648. The minimum absolute atomic E-state index is 0.143. The van der Waals surface area contributed by atoms with Crippen LogP contribution in [0, 0.1) is 5.41 Å². The first-order valence-corrected chi connectivity index (χ1v) is 5.17. The Morgan fingerprint density at radius 2 is 1.81 bits per heavy atom. The Labute approximate surface area is 90.9 Å². The Morgan fingerprint density at radius 1 is 1.25 bits per heavy atom. The van der Waals surface area contributed by atoms with Crippen molar-refractivity contribution in [3.05, 3.63) is 0 Å². The molecule has 92 valence electrons. The Morgan fingerprint density at radius 3 is 2.31 bits per heavy atom. The van der Waals surface area contributed by atoms with Gasteiger partial charge in [-0.1, -0.05) is 0 Å². The first-order valence-electron chi connectivity index (χ1n) is 5.17. The van der Waals surface area contributed by atoms with Gasteiger partial charge in [-0.15, -0.1) is 0 Å². The molecule has 1 unspecified atom stereocenters. The summed E-state index contributed by atoms with van der Waals surface area (Å²) in [5, 5.41) is 0. The van der Waals surface area contributed by atoms with Gasteiger partial charge in [0.1, 0.15) is 11.2 Å². The summed E-state index contributed by atoms with van der Waals surface area (Å²) >= 11 is 0. The molecule has 1 spiro atoms. The van der Waals surface area contributed by atoms with E-state index >= 15 is 0 Å². The third-order valence-corrected chi connectivity index (χ3v) is 3.41. The molecule has 0 radical (unpaired) electrons. The average Bonchev–Trinajstić information content (AvgIpc) is 2.59. The van der Waals surface area contributed by atoms with Crippen LogP contribution in [0.3, 0.4) is 0 Å². The van der Waals surface area contributed by atoms with E-state index in [0.29, 0.717) is 13.2 Å². The molecule has 16 heavy (non-hydrogen) atoms. The summed E-state index contributed by atoms with van der Waals surface area (Å²) in [5.74, 6) is -1.97. The fourth-order valence-corrected chi connectivity index (χ4v) is 2.31. The fraction of sp³-hybridized carbons (Fsp3) is 0.900. The van der Waals surface area contributed by atoms with Crippen molar-refractivity contribution < 1.29 is 27.4 Å². The van der Waals surface area contributed by atoms with Crippen LogP contribution in [0.1, 0.15) is 26.2 Å². The molecule has 2 aliphatic rings. The molecule has 2 fully saturated rings. The van der Waals surface area contributed by atoms with E-state index < -0.39 is 29.6 Å². The van der Waals surface area contributed by atoms with E-state index in [1.54, 1.807) is 0 Å². The highest BCUT2D eigenvalue weighted by Crippen LogP contribution is 2.51. The summed E-state index contributed by atoms with van der Waals surface area (Å²) in [6, 6.07) is 0. The zero-order chi connectivity index (χ0) is 12.0. The molecule has 1 aliphatic carbocycles. The maximum atomic E-state index is 12.9. The Balaban J connectivity index is 2.27. The van der Waals surface area contributed by atoms with Gasteiger partial charge < -0.3 is 9.47 Å². The fourth-order valence-electron chi connectivity index (χ4n) is 2.31. The van der Waals surface area contributed by atoms with Crippen LogP contribution in [0.25, 0.3) is 0 Å². The normalized spacial score (nSPS) is 34.6. The summed E-state index contributed by atoms with van der Waals surface area (Å²) in [6.45, 7) is 1.52. The second-order valence-corrected chi connectivity index (χ2v) is 4.54. The van der Waals surface area contributed by atoms with Gasteiger partial charge in [0, 0.05) is 19.3 Å². The number of Topliss-reactive ketones (excluding diaryl/α,β-unsaturated/α-hetero) is 1. The Hall–Kier alpha value is -0.620. The van der Waals surface area contributed by atoms with Crippen molar-refractivity contribution in [2.75, 3.05) is 13.2 Å². The van der Waals surface area contributed by atoms with Crippen LogP contribution < -0.4 is 0 Å². The third kappa shape index (κ3) is 1.64. The number of alkyl halides is 3. The number of ether oxygens (including phenoxy) is 2. The van der Waals surface area contributed by atoms with Crippen molar-refractivity contribution in [3.8, 4) is 0 Å². The predicted octanol–water partition coefficient (Wildman–Crippen LogP) is 2.05. The predicted molar refractivity (Wildman–Crippen MR) is 47.7 cm³/mol. The molecule has 0 aromatic heterocycles. The molecule has 6 heteroatoms. The van der Waals surface area contributed by atoms with Crippen molar-refractivity contribution in [1.29, 1.82) is 0 Å². The number of carbonyl (C=O) groups is 1. The standard InChI is InChI=1S/C10H13F3O3/c1-8(10(11,12)13)6-9(3-2-7(8)14)15-4-5-16-9/h2-6H2,1H3. The summed E-state index contributed by atoms with van der Waals surface area (Å²) in [7, 11) is 0. The third-order valence-electron chi connectivity index (χ3n) is 3.41. The lowest BCUT2D eigenvalue weighted by Gasteiger charge is -2.42. The first-order chi connectivity index (χ1) is 7.29. The number of halogens is 3. The van der Waals surface area contributed by atoms with Crippen LogP contribution in [0.15, 0.2) is 0 Å². The monoisotopic (exact) mass is 238 g/mol. The molecule has 3 nitrogen and oxygen atoms in total. The lowest BCUT2D eigenvalue weighted by atomic mass is 9.71. The second kappa shape index (κ2) is 3.43. The molecule has 0 aromatic rings. The Bertz CT molecular complexity index is 307. The minimum Gasteiger partial charge on any atom is -0.347 e. The summed E-state index contributed by atoms with van der Waals surface area (Å²) in [4.78, 5) is 11.5. The summed E-state index contributed by atoms with van der Waals surface area (Å²) in [6.07, 6.45) is -4.90. The van der Waals surface area contributed by atoms with E-state index in [1.807, 2.05) is 0 Å². The summed E-state index contributed by atoms with van der Waals surface area (Å²) in [5.41, 5.74) is -2.34. The molecule has 0 bridgehead atoms. The van der Waals surface area contributed by atoms with Crippen LogP contribution in [-0.4, -0.2) is 31.0 Å². The van der Waals surface area contributed by atoms with Gasteiger partial charge in [-0.05, 0) is 6.92 Å². The topological polar surface area (TPSA) is 35.5 Å². The lowest BCUT2D eigenvalue weighted by molar-refractivity contribution is -0.266. The number of carbonyl (C=O) groups excluding carboxylic acids is 1. The van der Waals surface area contributed by atoms with Crippen LogP contribution in [0.4, 0.5) is 13.2 Å². The maximum Gasteiger partial charge on any atom is 0.401 e. The van der Waals surface area contributed by atoms with E-state index in [0.717, 1.165) is 6.92 Å². The van der Waals surface area contributed by atoms with E-state index in [2.05, 4.69) is 0 Å². The molecular weight excluding hydrogens is 225 g/mol. The molecular formula is C10H13F3O3. The minimum atomic E-state index is -4.55. The first kappa shape index (κ1) is 11.9. The molecule has 1 heterocycles. The number of hydrogen-bond acceptors (Lipinski definition) is 3. The van der Waals surface area contributed by atoms with Crippen molar-refractivity contribution in [3.63, 3.8) is 0 Å². The van der Waals surface area contributed by atoms with Gasteiger partial charge in [0.2, 0.25) is 0 Å². The molecule has 0 aromatic carbocycles. The summed E-state index contributed by atoms with van der Waals surface area (Å²) < 4.78 is 49.1. The number of hydrogen-bond donors (Lipinski definition) is 0. The van der Waals surface area contributed by atoms with E-state index in [-0.39, 0.29) is 12.8 Å². The average molecular weight is 238 g/mol. The maximum absolute atomic E-state index is 12.9. The van der Waals surface area contributed by atoms with Gasteiger partial charge in [-0.3, -0.25) is 4.79 Å². The molecule has 1 saturated heterocycles. The number of ketones is 1. The largest absolute Gasteiger partial charge is 0.401 e. The van der Waals surface area contributed by atoms with Crippen LogP contribution in [-0.2, 0) is 14.3 Å². The smallest absolute Gasteiger partial charge is 0.347 e. The van der Waals surface area contributed by atoms with Gasteiger partial charge >= 0.3 is 6.18 Å². The highest BCUT2D eigenvalue weighted by atomic mass is 19.4. The lowest BCUT2D eigenvalue weighted by Crippen LogP contribution is -2.53. The molecule has 2 rings (SSSR count). The molecule has 1 aliphatic heterocycles. The molecule has 1 atom stereocenters. The second-order valence-electron chi connectivity index (χ2n) is 4.54. The van der Waals surface area contributed by atoms with Crippen molar-refractivity contribution >= 4 is 5.78 Å². The van der Waals surface area contributed by atoms with Gasteiger partial charge in [0.15, 0.2) is 5.79 Å². The van der Waals surface area contributed by atoms with Crippen molar-refractivity contribution in [2.24, 2.45) is 5.41 Å².